The molecule has 0 aliphatic carbocycles. The Kier molecular flexibility index (Phi) is 4.89. The summed E-state index contributed by atoms with van der Waals surface area (Å²) in [5, 5.41) is 9.08. The minimum atomic E-state index is -3.56. The molecular formula is C15H17N3O2S. The van der Waals surface area contributed by atoms with E-state index in [0.29, 0.717) is 36.7 Å². The van der Waals surface area contributed by atoms with Gasteiger partial charge in [-0.1, -0.05) is 6.07 Å². The summed E-state index contributed by atoms with van der Waals surface area (Å²) < 4.78 is 27.4. The molecule has 1 N–H and O–H groups in total. The van der Waals surface area contributed by atoms with Crippen LogP contribution in [0.15, 0.2) is 35.4 Å². The molecule has 0 radical (unpaired) electrons. The van der Waals surface area contributed by atoms with Crippen LogP contribution in [0.4, 0.5) is 0 Å². The van der Waals surface area contributed by atoms with Crippen LogP contribution < -0.4 is 4.72 Å². The van der Waals surface area contributed by atoms with E-state index in [1.165, 1.54) is 0 Å². The van der Waals surface area contributed by atoms with Crippen molar-refractivity contribution in [3.63, 3.8) is 0 Å². The number of hydrogen-bond acceptors (Lipinski definition) is 4. The number of unbranched alkanes of at least 4 members (excludes halogenated alkanes) is 2. The molecular weight excluding hydrogens is 286 g/mol. The zero-order chi connectivity index (χ0) is 15.3. The first-order valence-electron chi connectivity index (χ1n) is 6.77. The van der Waals surface area contributed by atoms with Gasteiger partial charge in [0.05, 0.1) is 16.5 Å². The summed E-state index contributed by atoms with van der Waals surface area (Å²) in [6.07, 6.45) is 3.43. The Labute approximate surface area is 124 Å². The van der Waals surface area contributed by atoms with Crippen LogP contribution in [0, 0.1) is 18.3 Å². The Hall–Kier alpha value is -1.97. The van der Waals surface area contributed by atoms with E-state index in [9.17, 15) is 8.42 Å². The second kappa shape index (κ2) is 6.66. The third kappa shape index (κ3) is 3.57. The van der Waals surface area contributed by atoms with Gasteiger partial charge < -0.3 is 0 Å². The molecule has 1 aromatic carbocycles. The van der Waals surface area contributed by atoms with Gasteiger partial charge in [0.1, 0.15) is 0 Å². The zero-order valence-corrected chi connectivity index (χ0v) is 12.7. The first kappa shape index (κ1) is 15.4. The number of nitriles is 1. The number of nitrogens with zero attached hydrogens (tertiary/aromatic N) is 2. The van der Waals surface area contributed by atoms with Crippen LogP contribution in [0.5, 0.6) is 0 Å². The molecule has 0 bridgehead atoms. The Morgan fingerprint density at radius 2 is 2.10 bits per heavy atom. The highest BCUT2D eigenvalue weighted by molar-refractivity contribution is 7.89. The van der Waals surface area contributed by atoms with E-state index < -0.39 is 10.0 Å². The van der Waals surface area contributed by atoms with Gasteiger partial charge >= 0.3 is 0 Å². The van der Waals surface area contributed by atoms with Crippen molar-refractivity contribution in [2.24, 2.45) is 0 Å². The maximum Gasteiger partial charge on any atom is 0.241 e. The Morgan fingerprint density at radius 1 is 1.29 bits per heavy atom. The monoisotopic (exact) mass is 303 g/mol. The highest BCUT2D eigenvalue weighted by Gasteiger charge is 2.17. The van der Waals surface area contributed by atoms with Gasteiger partial charge in [-0.2, -0.15) is 5.26 Å². The van der Waals surface area contributed by atoms with Crippen LogP contribution in [0.25, 0.3) is 10.9 Å². The maximum absolute atomic E-state index is 12.4. The number of hydrogen-bond donors (Lipinski definition) is 1. The lowest BCUT2D eigenvalue weighted by Crippen LogP contribution is -2.25. The van der Waals surface area contributed by atoms with E-state index in [1.807, 2.05) is 13.0 Å². The molecule has 0 unspecified atom stereocenters. The average Bonchev–Trinajstić information content (AvgIpc) is 2.47. The molecule has 2 aromatic rings. The van der Waals surface area contributed by atoms with Gasteiger partial charge in [0.15, 0.2) is 0 Å². The first-order valence-corrected chi connectivity index (χ1v) is 8.25. The molecule has 0 saturated carbocycles. The Morgan fingerprint density at radius 3 is 2.86 bits per heavy atom. The fourth-order valence-corrected chi connectivity index (χ4v) is 3.41. The van der Waals surface area contributed by atoms with E-state index in [-0.39, 0.29) is 4.90 Å². The Bertz CT molecular complexity index is 779. The van der Waals surface area contributed by atoms with Crippen molar-refractivity contribution in [1.29, 1.82) is 5.26 Å². The van der Waals surface area contributed by atoms with Crippen molar-refractivity contribution < 1.29 is 8.42 Å². The maximum atomic E-state index is 12.4. The molecule has 21 heavy (non-hydrogen) atoms. The summed E-state index contributed by atoms with van der Waals surface area (Å²) in [5.41, 5.74) is 1.64. The third-order valence-electron chi connectivity index (χ3n) is 3.23. The Balaban J connectivity index is 2.25. The predicted molar refractivity (Wildman–Crippen MR) is 81.1 cm³/mol. The zero-order valence-electron chi connectivity index (χ0n) is 11.8. The van der Waals surface area contributed by atoms with Gasteiger partial charge in [0.2, 0.25) is 10.0 Å². The van der Waals surface area contributed by atoms with Gasteiger partial charge in [-0.05, 0) is 43.5 Å². The second-order valence-corrected chi connectivity index (χ2v) is 6.53. The molecule has 0 spiro atoms. The summed E-state index contributed by atoms with van der Waals surface area (Å²) in [5.74, 6) is 0. The highest BCUT2D eigenvalue weighted by atomic mass is 32.2. The number of aryl methyl sites for hydroxylation is 1. The van der Waals surface area contributed by atoms with Crippen molar-refractivity contribution in [2.75, 3.05) is 6.54 Å². The topological polar surface area (TPSA) is 82.9 Å². The minimum absolute atomic E-state index is 0.247. The van der Waals surface area contributed by atoms with Gasteiger partial charge in [0.25, 0.3) is 0 Å². The molecule has 1 heterocycles. The lowest BCUT2D eigenvalue weighted by atomic mass is 10.1. The van der Waals surface area contributed by atoms with Crippen LogP contribution in [-0.2, 0) is 10.0 Å². The van der Waals surface area contributed by atoms with Crippen molar-refractivity contribution in [2.45, 2.75) is 31.1 Å². The molecule has 0 fully saturated rings. The fourth-order valence-electron chi connectivity index (χ4n) is 2.14. The predicted octanol–water partition coefficient (Wildman–Crippen LogP) is 2.52. The summed E-state index contributed by atoms with van der Waals surface area (Å²) in [6, 6.07) is 8.91. The highest BCUT2D eigenvalue weighted by Crippen LogP contribution is 2.23. The standard InChI is InChI=1S/C15H17N3O2S/c1-12-7-8-14(13-6-5-10-17-15(12)13)21(19,20)18-11-4-2-3-9-16/h5-8,10,18H,2-4,11H2,1H3. The molecule has 110 valence electrons. The number of benzene rings is 1. The molecule has 2 rings (SSSR count). The summed E-state index contributed by atoms with van der Waals surface area (Å²) in [4.78, 5) is 4.49. The number of nitrogens with one attached hydrogen (secondary N) is 1. The normalized spacial score (nSPS) is 11.4. The smallest absolute Gasteiger partial charge is 0.241 e. The van der Waals surface area contributed by atoms with Crippen molar-refractivity contribution >= 4 is 20.9 Å². The van der Waals surface area contributed by atoms with E-state index in [1.54, 1.807) is 30.5 Å². The van der Waals surface area contributed by atoms with Crippen LogP contribution in [0.3, 0.4) is 0 Å². The SMILES string of the molecule is Cc1ccc(S(=O)(=O)NCCCCC#N)c2cccnc12. The molecule has 0 amide bonds. The fraction of sp³-hybridized carbons (Fsp3) is 0.333. The second-order valence-electron chi connectivity index (χ2n) is 4.79. The largest absolute Gasteiger partial charge is 0.256 e. The number of rotatable bonds is 6. The summed E-state index contributed by atoms with van der Waals surface area (Å²) in [6.45, 7) is 2.24. The quantitative estimate of drug-likeness (QED) is 0.831. The molecule has 0 aliphatic rings. The van der Waals surface area contributed by atoms with Gasteiger partial charge in [-0.25, -0.2) is 13.1 Å². The van der Waals surface area contributed by atoms with E-state index in [0.717, 1.165) is 5.56 Å². The molecule has 0 aliphatic heterocycles. The lowest BCUT2D eigenvalue weighted by Gasteiger charge is -2.10. The number of sulfonamides is 1. The molecule has 0 atom stereocenters. The van der Waals surface area contributed by atoms with Crippen LogP contribution in [-0.4, -0.2) is 19.9 Å². The minimum Gasteiger partial charge on any atom is -0.256 e. The number of fused-ring (bicyclic) bond motifs is 1. The molecule has 1 aromatic heterocycles. The molecule has 6 heteroatoms. The van der Waals surface area contributed by atoms with Crippen molar-refractivity contribution in [3.8, 4) is 6.07 Å². The number of aromatic nitrogens is 1. The summed E-state index contributed by atoms with van der Waals surface area (Å²) in [7, 11) is -3.56. The molecule has 5 nitrogen and oxygen atoms in total. The van der Waals surface area contributed by atoms with Gasteiger partial charge in [-0.3, -0.25) is 4.98 Å². The first-order chi connectivity index (χ1) is 10.1. The average molecular weight is 303 g/mol. The van der Waals surface area contributed by atoms with Crippen molar-refractivity contribution in [3.05, 3.63) is 36.0 Å². The lowest BCUT2D eigenvalue weighted by molar-refractivity contribution is 0.578. The summed E-state index contributed by atoms with van der Waals surface area (Å²) >= 11 is 0. The van der Waals surface area contributed by atoms with E-state index in [4.69, 9.17) is 5.26 Å². The van der Waals surface area contributed by atoms with Crippen LogP contribution >= 0.6 is 0 Å². The van der Waals surface area contributed by atoms with Gasteiger partial charge in [-0.15, -0.1) is 0 Å². The molecule has 0 saturated heterocycles. The van der Waals surface area contributed by atoms with Crippen molar-refractivity contribution in [1.82, 2.24) is 9.71 Å². The number of pyridine rings is 1. The van der Waals surface area contributed by atoms with E-state index >= 15 is 0 Å². The van der Waals surface area contributed by atoms with E-state index in [2.05, 4.69) is 9.71 Å². The van der Waals surface area contributed by atoms with Gasteiger partial charge in [0, 0.05) is 24.5 Å². The van der Waals surface area contributed by atoms with Crippen LogP contribution in [0.2, 0.25) is 0 Å². The third-order valence-corrected chi connectivity index (χ3v) is 4.75. The van der Waals surface area contributed by atoms with Crippen LogP contribution in [0.1, 0.15) is 24.8 Å².